The Morgan fingerprint density at radius 3 is 2.42 bits per heavy atom. The van der Waals surface area contributed by atoms with Crippen LogP contribution in [0.4, 0.5) is 0 Å². The van der Waals surface area contributed by atoms with Crippen LogP contribution in [0, 0.1) is 5.92 Å². The Labute approximate surface area is 74.9 Å². The van der Waals surface area contributed by atoms with E-state index in [0.717, 1.165) is 12.8 Å². The minimum absolute atomic E-state index is 0.248. The molecule has 2 nitrogen and oxygen atoms in total. The highest BCUT2D eigenvalue weighted by Crippen LogP contribution is 2.10. The van der Waals surface area contributed by atoms with Crippen molar-refractivity contribution in [1.82, 2.24) is 0 Å². The molecule has 0 aromatic carbocycles. The number of aliphatic hydroxyl groups is 2. The lowest BCUT2D eigenvalue weighted by atomic mass is 10.0. The summed E-state index contributed by atoms with van der Waals surface area (Å²) < 4.78 is 0. The van der Waals surface area contributed by atoms with Crippen LogP contribution in [-0.4, -0.2) is 22.4 Å². The van der Waals surface area contributed by atoms with Gasteiger partial charge in [-0.1, -0.05) is 19.1 Å². The fraction of sp³-hybridized carbons (Fsp3) is 0.800. The van der Waals surface area contributed by atoms with Crippen molar-refractivity contribution >= 4 is 0 Å². The summed E-state index contributed by atoms with van der Waals surface area (Å²) in [7, 11) is 0. The molecule has 0 aliphatic heterocycles. The molecule has 0 fully saturated rings. The molecular weight excluding hydrogens is 152 g/mol. The van der Waals surface area contributed by atoms with Crippen LogP contribution in [0.5, 0.6) is 0 Å². The van der Waals surface area contributed by atoms with Gasteiger partial charge in [-0.3, -0.25) is 0 Å². The molecule has 0 aromatic heterocycles. The highest BCUT2D eigenvalue weighted by atomic mass is 16.3. The van der Waals surface area contributed by atoms with Gasteiger partial charge in [0.25, 0.3) is 0 Å². The maximum Gasteiger partial charge on any atom is 0.0771 e. The van der Waals surface area contributed by atoms with Gasteiger partial charge in [0.1, 0.15) is 0 Å². The molecular formula is C10H20O2. The highest BCUT2D eigenvalue weighted by Gasteiger charge is 2.05. The minimum Gasteiger partial charge on any atom is -0.396 e. The largest absolute Gasteiger partial charge is 0.396 e. The van der Waals surface area contributed by atoms with E-state index in [1.807, 2.05) is 6.08 Å². The van der Waals surface area contributed by atoms with Crippen molar-refractivity contribution in [2.24, 2.45) is 5.92 Å². The van der Waals surface area contributed by atoms with Crippen molar-refractivity contribution in [2.45, 2.75) is 39.2 Å². The molecule has 0 aliphatic carbocycles. The van der Waals surface area contributed by atoms with Gasteiger partial charge in [-0.2, -0.15) is 0 Å². The third-order valence-electron chi connectivity index (χ3n) is 1.69. The van der Waals surface area contributed by atoms with Crippen LogP contribution in [0.2, 0.25) is 0 Å². The second-order valence-electron chi connectivity index (χ2n) is 3.91. The Bertz CT molecular complexity index is 133. The Kier molecular flexibility index (Phi) is 5.18. The van der Waals surface area contributed by atoms with Crippen molar-refractivity contribution in [3.63, 3.8) is 0 Å². The fourth-order valence-electron chi connectivity index (χ4n) is 0.927. The van der Waals surface area contributed by atoms with Crippen molar-refractivity contribution < 1.29 is 10.2 Å². The number of rotatable bonds is 5. The third kappa shape index (κ3) is 7.76. The summed E-state index contributed by atoms with van der Waals surface area (Å²) >= 11 is 0. The molecule has 0 aliphatic rings. The van der Waals surface area contributed by atoms with Gasteiger partial charge in [0.15, 0.2) is 0 Å². The summed E-state index contributed by atoms with van der Waals surface area (Å²) in [6, 6.07) is 0. The zero-order valence-electron chi connectivity index (χ0n) is 8.25. The average Bonchev–Trinajstić information content (AvgIpc) is 1.84. The van der Waals surface area contributed by atoms with Crippen LogP contribution < -0.4 is 0 Å². The summed E-state index contributed by atoms with van der Waals surface area (Å²) in [5.74, 6) is 0.494. The lowest BCUT2D eigenvalue weighted by molar-refractivity contribution is 0.132. The van der Waals surface area contributed by atoms with E-state index in [2.05, 4.69) is 6.92 Å². The first kappa shape index (κ1) is 11.7. The molecule has 0 radical (unpaired) electrons. The average molecular weight is 172 g/mol. The third-order valence-corrected chi connectivity index (χ3v) is 1.69. The molecule has 0 heterocycles. The van der Waals surface area contributed by atoms with E-state index in [-0.39, 0.29) is 6.61 Å². The molecule has 72 valence electrons. The highest BCUT2D eigenvalue weighted by molar-refractivity contribution is 4.95. The molecule has 0 saturated heterocycles. The first-order valence-electron chi connectivity index (χ1n) is 4.46. The maximum atomic E-state index is 9.32. The predicted octanol–water partition coefficient (Wildman–Crippen LogP) is 1.72. The van der Waals surface area contributed by atoms with Gasteiger partial charge in [0.05, 0.1) is 5.60 Å². The molecule has 0 bridgehead atoms. The summed E-state index contributed by atoms with van der Waals surface area (Å²) in [5.41, 5.74) is -0.709. The van der Waals surface area contributed by atoms with Crippen LogP contribution >= 0.6 is 0 Å². The van der Waals surface area contributed by atoms with Gasteiger partial charge in [-0.15, -0.1) is 0 Å². The van der Waals surface area contributed by atoms with Gasteiger partial charge in [0.2, 0.25) is 0 Å². The minimum atomic E-state index is -0.709. The van der Waals surface area contributed by atoms with E-state index < -0.39 is 5.60 Å². The molecule has 2 N–H and O–H groups in total. The quantitative estimate of drug-likeness (QED) is 0.620. The molecule has 1 atom stereocenters. The zero-order valence-corrected chi connectivity index (χ0v) is 8.25. The molecule has 0 rings (SSSR count). The second kappa shape index (κ2) is 5.33. The van der Waals surface area contributed by atoms with Crippen molar-refractivity contribution in [3.05, 3.63) is 12.2 Å². The maximum absolute atomic E-state index is 9.32. The van der Waals surface area contributed by atoms with Crippen molar-refractivity contribution in [1.29, 1.82) is 0 Å². The van der Waals surface area contributed by atoms with Crippen LogP contribution in [0.25, 0.3) is 0 Å². The van der Waals surface area contributed by atoms with Gasteiger partial charge < -0.3 is 10.2 Å². The normalized spacial score (nSPS) is 15.4. The molecule has 0 spiro atoms. The number of hydrogen-bond donors (Lipinski definition) is 2. The van der Waals surface area contributed by atoms with E-state index in [1.54, 1.807) is 19.9 Å². The van der Waals surface area contributed by atoms with E-state index >= 15 is 0 Å². The zero-order chi connectivity index (χ0) is 9.61. The first-order chi connectivity index (χ1) is 5.45. The molecule has 2 heteroatoms. The predicted molar refractivity (Wildman–Crippen MR) is 50.9 cm³/mol. The van der Waals surface area contributed by atoms with Crippen LogP contribution in [0.15, 0.2) is 12.2 Å². The topological polar surface area (TPSA) is 40.5 Å². The van der Waals surface area contributed by atoms with Gasteiger partial charge >= 0.3 is 0 Å². The van der Waals surface area contributed by atoms with E-state index in [0.29, 0.717) is 5.92 Å². The smallest absolute Gasteiger partial charge is 0.0771 e. The van der Waals surface area contributed by atoms with Gasteiger partial charge in [-0.25, -0.2) is 0 Å². The van der Waals surface area contributed by atoms with Gasteiger partial charge in [0, 0.05) is 6.61 Å². The van der Waals surface area contributed by atoms with E-state index in [9.17, 15) is 5.11 Å². The molecule has 12 heavy (non-hydrogen) atoms. The summed E-state index contributed by atoms with van der Waals surface area (Å²) in [6.07, 6.45) is 5.52. The molecule has 0 amide bonds. The SMILES string of the molecule is C[C@H](C/C=C/C(C)(C)O)CCO. The number of hydrogen-bond acceptors (Lipinski definition) is 2. The summed E-state index contributed by atoms with van der Waals surface area (Å²) in [5, 5.41) is 17.9. The molecule has 0 aromatic rings. The van der Waals surface area contributed by atoms with Crippen LogP contribution in [0.1, 0.15) is 33.6 Å². The first-order valence-corrected chi connectivity index (χ1v) is 4.46. The second-order valence-corrected chi connectivity index (χ2v) is 3.91. The van der Waals surface area contributed by atoms with E-state index in [1.165, 1.54) is 0 Å². The lowest BCUT2D eigenvalue weighted by Gasteiger charge is -2.11. The Morgan fingerprint density at radius 2 is 2.00 bits per heavy atom. The van der Waals surface area contributed by atoms with Crippen LogP contribution in [-0.2, 0) is 0 Å². The number of allylic oxidation sites excluding steroid dienone is 1. The van der Waals surface area contributed by atoms with Crippen LogP contribution in [0.3, 0.4) is 0 Å². The van der Waals surface area contributed by atoms with Crippen molar-refractivity contribution in [3.8, 4) is 0 Å². The van der Waals surface area contributed by atoms with E-state index in [4.69, 9.17) is 5.11 Å². The monoisotopic (exact) mass is 172 g/mol. The number of aliphatic hydroxyl groups excluding tert-OH is 1. The lowest BCUT2D eigenvalue weighted by Crippen LogP contribution is -2.13. The standard InChI is InChI=1S/C10H20O2/c1-9(6-8-11)5-4-7-10(2,3)12/h4,7,9,11-12H,5-6,8H2,1-3H3/b7-4+/t9-/m1/s1. The molecule has 0 saturated carbocycles. The molecule has 0 unspecified atom stereocenters. The summed E-state index contributed by atoms with van der Waals surface area (Å²) in [4.78, 5) is 0. The Morgan fingerprint density at radius 1 is 1.42 bits per heavy atom. The van der Waals surface area contributed by atoms with Crippen molar-refractivity contribution in [2.75, 3.05) is 6.61 Å². The summed E-state index contributed by atoms with van der Waals surface area (Å²) in [6.45, 7) is 5.84. The van der Waals surface area contributed by atoms with Gasteiger partial charge in [-0.05, 0) is 32.6 Å². The Hall–Kier alpha value is -0.340. The fourth-order valence-corrected chi connectivity index (χ4v) is 0.927. The Balaban J connectivity index is 3.60.